The van der Waals surface area contributed by atoms with Crippen LogP contribution in [0.2, 0.25) is 0 Å². The van der Waals surface area contributed by atoms with Crippen LogP contribution < -0.4 is 0 Å². The summed E-state index contributed by atoms with van der Waals surface area (Å²) < 4.78 is 0. The highest BCUT2D eigenvalue weighted by molar-refractivity contribution is 6.06. The molecular formula is C14H16O3. The molecule has 1 aromatic carbocycles. The van der Waals surface area contributed by atoms with Crippen LogP contribution in [-0.2, 0) is 10.4 Å². The van der Waals surface area contributed by atoms with Crippen molar-refractivity contribution in [3.8, 4) is 5.75 Å². The number of carbonyl (C=O) groups is 1. The number of allylic oxidation sites excluding steroid dienone is 1. The first-order valence-electron chi connectivity index (χ1n) is 5.66. The summed E-state index contributed by atoms with van der Waals surface area (Å²) in [5.41, 5.74) is 0.666. The maximum Gasteiger partial charge on any atom is 0.191 e. The summed E-state index contributed by atoms with van der Waals surface area (Å²) in [5.74, 6) is -0.0838. The predicted molar refractivity (Wildman–Crippen MR) is 65.5 cm³/mol. The summed E-state index contributed by atoms with van der Waals surface area (Å²) in [6.45, 7) is 5.45. The van der Waals surface area contributed by atoms with Gasteiger partial charge in [0, 0.05) is 5.56 Å². The Morgan fingerprint density at radius 3 is 2.53 bits per heavy atom. The van der Waals surface area contributed by atoms with E-state index in [9.17, 15) is 15.0 Å². The maximum atomic E-state index is 11.9. The first-order chi connectivity index (χ1) is 7.84. The van der Waals surface area contributed by atoms with Crippen molar-refractivity contribution in [2.24, 2.45) is 5.92 Å². The summed E-state index contributed by atoms with van der Waals surface area (Å²) in [7, 11) is 0. The highest BCUT2D eigenvalue weighted by Crippen LogP contribution is 2.39. The molecule has 1 aliphatic rings. The van der Waals surface area contributed by atoms with Crippen molar-refractivity contribution < 1.29 is 15.0 Å². The van der Waals surface area contributed by atoms with E-state index in [0.29, 0.717) is 5.56 Å². The quantitative estimate of drug-likeness (QED) is 0.780. The average Bonchev–Trinajstić information content (AvgIpc) is 2.24. The van der Waals surface area contributed by atoms with Gasteiger partial charge in [-0.15, -0.1) is 0 Å². The Hall–Kier alpha value is -1.61. The van der Waals surface area contributed by atoms with Crippen LogP contribution in [0.1, 0.15) is 31.9 Å². The zero-order chi connectivity index (χ0) is 12.8. The van der Waals surface area contributed by atoms with Crippen molar-refractivity contribution in [3.63, 3.8) is 0 Å². The predicted octanol–water partition coefficient (Wildman–Crippen LogP) is 2.22. The van der Waals surface area contributed by atoms with Gasteiger partial charge in [0.2, 0.25) is 0 Å². The van der Waals surface area contributed by atoms with Gasteiger partial charge in [0.15, 0.2) is 5.78 Å². The van der Waals surface area contributed by atoms with E-state index in [2.05, 4.69) is 0 Å². The molecule has 0 saturated heterocycles. The van der Waals surface area contributed by atoms with Gasteiger partial charge in [-0.1, -0.05) is 19.9 Å². The van der Waals surface area contributed by atoms with Crippen LogP contribution >= 0.6 is 0 Å². The molecule has 0 fully saturated rings. The standard InChI is InChI=1S/C14H16O3/c1-8(2)11-7-13(16)14(3,17)12-6-9(15)4-5-10(11)12/h4-8,15,17H,1-3H3/t14-/m0/s1. The highest BCUT2D eigenvalue weighted by Gasteiger charge is 2.38. The van der Waals surface area contributed by atoms with Gasteiger partial charge in [-0.2, -0.15) is 0 Å². The molecule has 0 spiro atoms. The SMILES string of the molecule is CC(C)C1=CC(=O)[C@@](C)(O)c2cc(O)ccc21. The first-order valence-corrected chi connectivity index (χ1v) is 5.66. The lowest BCUT2D eigenvalue weighted by Crippen LogP contribution is -2.35. The van der Waals surface area contributed by atoms with E-state index < -0.39 is 5.60 Å². The van der Waals surface area contributed by atoms with Crippen molar-refractivity contribution in [1.82, 2.24) is 0 Å². The van der Waals surface area contributed by atoms with E-state index >= 15 is 0 Å². The molecule has 0 aliphatic heterocycles. The summed E-state index contributed by atoms with van der Waals surface area (Å²) in [6, 6.07) is 4.78. The Bertz CT molecular complexity index is 510. The smallest absolute Gasteiger partial charge is 0.191 e. The minimum absolute atomic E-state index is 0.0573. The van der Waals surface area contributed by atoms with Crippen molar-refractivity contribution in [1.29, 1.82) is 0 Å². The topological polar surface area (TPSA) is 57.5 Å². The molecule has 0 heterocycles. The third-order valence-electron chi connectivity index (χ3n) is 3.23. The van der Waals surface area contributed by atoms with Crippen molar-refractivity contribution in [2.45, 2.75) is 26.4 Å². The fourth-order valence-corrected chi connectivity index (χ4v) is 2.16. The number of phenolic OH excluding ortho intramolecular Hbond substituents is 1. The summed E-state index contributed by atoms with van der Waals surface area (Å²) >= 11 is 0. The number of ketones is 1. The Morgan fingerprint density at radius 2 is 1.94 bits per heavy atom. The van der Waals surface area contributed by atoms with Gasteiger partial charge in [-0.05, 0) is 42.2 Å². The molecule has 1 aromatic rings. The molecular weight excluding hydrogens is 216 g/mol. The van der Waals surface area contributed by atoms with Crippen molar-refractivity contribution in [3.05, 3.63) is 35.4 Å². The van der Waals surface area contributed by atoms with E-state index in [1.807, 2.05) is 13.8 Å². The fourth-order valence-electron chi connectivity index (χ4n) is 2.16. The van der Waals surface area contributed by atoms with Gasteiger partial charge in [0.1, 0.15) is 11.4 Å². The molecule has 2 N–H and O–H groups in total. The van der Waals surface area contributed by atoms with Gasteiger partial charge in [0.25, 0.3) is 0 Å². The Kier molecular flexibility index (Phi) is 2.59. The molecule has 0 bridgehead atoms. The number of hydrogen-bond acceptors (Lipinski definition) is 3. The maximum absolute atomic E-state index is 11.9. The molecule has 1 atom stereocenters. The van der Waals surface area contributed by atoms with Crippen LogP contribution in [0.3, 0.4) is 0 Å². The van der Waals surface area contributed by atoms with E-state index in [1.165, 1.54) is 19.1 Å². The number of aromatic hydroxyl groups is 1. The molecule has 3 nitrogen and oxygen atoms in total. The largest absolute Gasteiger partial charge is 0.508 e. The summed E-state index contributed by atoms with van der Waals surface area (Å²) in [6.07, 6.45) is 1.50. The molecule has 1 aliphatic carbocycles. The minimum Gasteiger partial charge on any atom is -0.508 e. The van der Waals surface area contributed by atoms with Crippen LogP contribution in [-0.4, -0.2) is 16.0 Å². The lowest BCUT2D eigenvalue weighted by molar-refractivity contribution is -0.131. The van der Waals surface area contributed by atoms with Crippen LogP contribution in [0, 0.1) is 5.92 Å². The van der Waals surface area contributed by atoms with Gasteiger partial charge >= 0.3 is 0 Å². The monoisotopic (exact) mass is 232 g/mol. The highest BCUT2D eigenvalue weighted by atomic mass is 16.3. The third-order valence-corrected chi connectivity index (χ3v) is 3.23. The number of aliphatic hydroxyl groups is 1. The lowest BCUT2D eigenvalue weighted by atomic mass is 9.77. The zero-order valence-electron chi connectivity index (χ0n) is 10.2. The van der Waals surface area contributed by atoms with Crippen LogP contribution in [0.15, 0.2) is 24.3 Å². The Balaban J connectivity index is 2.72. The molecule has 2 rings (SSSR count). The number of carbonyl (C=O) groups excluding carboxylic acids is 1. The molecule has 0 aromatic heterocycles. The molecule has 90 valence electrons. The van der Waals surface area contributed by atoms with Crippen LogP contribution in [0.5, 0.6) is 5.75 Å². The van der Waals surface area contributed by atoms with E-state index in [1.54, 1.807) is 12.1 Å². The van der Waals surface area contributed by atoms with Crippen LogP contribution in [0.25, 0.3) is 5.57 Å². The third kappa shape index (κ3) is 1.76. The second-order valence-electron chi connectivity index (χ2n) is 4.92. The number of hydrogen-bond donors (Lipinski definition) is 2. The molecule has 17 heavy (non-hydrogen) atoms. The second-order valence-corrected chi connectivity index (χ2v) is 4.92. The summed E-state index contributed by atoms with van der Waals surface area (Å²) in [4.78, 5) is 11.9. The molecule has 0 unspecified atom stereocenters. The normalized spacial score (nSPS) is 23.6. The molecule has 3 heteroatoms. The number of rotatable bonds is 1. The van der Waals surface area contributed by atoms with E-state index in [0.717, 1.165) is 11.1 Å². The number of phenols is 1. The Labute approximate surface area is 100 Å². The second kappa shape index (κ2) is 3.70. The van der Waals surface area contributed by atoms with Gasteiger partial charge < -0.3 is 10.2 Å². The number of benzene rings is 1. The zero-order valence-corrected chi connectivity index (χ0v) is 10.2. The van der Waals surface area contributed by atoms with Gasteiger partial charge in [0.05, 0.1) is 0 Å². The van der Waals surface area contributed by atoms with Gasteiger partial charge in [-0.3, -0.25) is 4.79 Å². The fraction of sp³-hybridized carbons (Fsp3) is 0.357. The van der Waals surface area contributed by atoms with E-state index in [4.69, 9.17) is 0 Å². The molecule has 0 saturated carbocycles. The molecule has 0 amide bonds. The lowest BCUT2D eigenvalue weighted by Gasteiger charge is -2.30. The number of fused-ring (bicyclic) bond motifs is 1. The first kappa shape index (κ1) is 11.9. The van der Waals surface area contributed by atoms with Gasteiger partial charge in [-0.25, -0.2) is 0 Å². The van der Waals surface area contributed by atoms with E-state index in [-0.39, 0.29) is 17.5 Å². The van der Waals surface area contributed by atoms with Crippen molar-refractivity contribution >= 4 is 11.4 Å². The van der Waals surface area contributed by atoms with Crippen LogP contribution in [0.4, 0.5) is 0 Å². The average molecular weight is 232 g/mol. The summed E-state index contributed by atoms with van der Waals surface area (Å²) in [5, 5.41) is 19.7. The Morgan fingerprint density at radius 1 is 1.29 bits per heavy atom. The van der Waals surface area contributed by atoms with Crippen molar-refractivity contribution in [2.75, 3.05) is 0 Å². The minimum atomic E-state index is -1.55. The molecule has 0 radical (unpaired) electrons.